The summed E-state index contributed by atoms with van der Waals surface area (Å²) in [5.41, 5.74) is 3.47. The van der Waals surface area contributed by atoms with Crippen molar-refractivity contribution in [1.82, 2.24) is 24.5 Å². The van der Waals surface area contributed by atoms with Crippen LogP contribution in [0.1, 0.15) is 50.0 Å². The summed E-state index contributed by atoms with van der Waals surface area (Å²) in [5, 5.41) is 15.6. The molecule has 0 amide bonds. The van der Waals surface area contributed by atoms with Crippen molar-refractivity contribution < 1.29 is 19.7 Å². The second kappa shape index (κ2) is 12.5. The number of hydrogen-bond donors (Lipinski definition) is 2. The van der Waals surface area contributed by atoms with Crippen molar-refractivity contribution in [3.63, 3.8) is 0 Å². The van der Waals surface area contributed by atoms with Gasteiger partial charge in [0.15, 0.2) is 0 Å². The van der Waals surface area contributed by atoms with Crippen LogP contribution in [0.25, 0.3) is 10.9 Å². The minimum Gasteiger partial charge on any atom is -0.628 e. The molecule has 222 valence electrons. The Morgan fingerprint density at radius 1 is 1.05 bits per heavy atom. The number of morpholine rings is 1. The van der Waals surface area contributed by atoms with Crippen LogP contribution in [0.2, 0.25) is 0 Å². The number of anilines is 2. The topological polar surface area (TPSA) is 139 Å². The Kier molecular flexibility index (Phi) is 8.36. The largest absolute Gasteiger partial charge is 0.628 e. The zero-order valence-electron chi connectivity index (χ0n) is 24.3. The van der Waals surface area contributed by atoms with E-state index in [1.165, 1.54) is 0 Å². The van der Waals surface area contributed by atoms with Gasteiger partial charge in [0.05, 0.1) is 42.2 Å². The van der Waals surface area contributed by atoms with Gasteiger partial charge in [0, 0.05) is 38.4 Å². The smallest absolute Gasteiger partial charge is 0.305 e. The molecule has 1 unspecified atom stereocenters. The van der Waals surface area contributed by atoms with E-state index in [1.54, 1.807) is 24.0 Å². The Bertz CT molecular complexity index is 1500. The van der Waals surface area contributed by atoms with E-state index in [1.807, 2.05) is 38.2 Å². The van der Waals surface area contributed by atoms with E-state index in [2.05, 4.69) is 26.3 Å². The second-order valence-corrected chi connectivity index (χ2v) is 11.1. The third-order valence-electron chi connectivity index (χ3n) is 8.05. The number of ether oxygens (including phenoxy) is 3. The monoisotopic (exact) mass is 574 g/mol. The minimum atomic E-state index is -0.341. The van der Waals surface area contributed by atoms with E-state index in [0.29, 0.717) is 36.8 Å². The van der Waals surface area contributed by atoms with Gasteiger partial charge in [-0.2, -0.15) is 9.97 Å². The molecule has 2 aliphatic rings. The summed E-state index contributed by atoms with van der Waals surface area (Å²) in [6.07, 6.45) is 8.77. The summed E-state index contributed by atoms with van der Waals surface area (Å²) in [6.45, 7) is 6.84. The number of aryl methyl sites for hydroxylation is 1. The lowest BCUT2D eigenvalue weighted by molar-refractivity contribution is -0.507. The molecular weight excluding hydrogens is 536 g/mol. The summed E-state index contributed by atoms with van der Waals surface area (Å²) in [6, 6.07) is 8.42. The Hall–Kier alpha value is -4.00. The third-order valence-corrected chi connectivity index (χ3v) is 8.05. The molecule has 1 atom stereocenters. The van der Waals surface area contributed by atoms with Gasteiger partial charge < -0.3 is 35.1 Å². The van der Waals surface area contributed by atoms with E-state index in [0.717, 1.165) is 78.0 Å². The van der Waals surface area contributed by atoms with E-state index < -0.39 is 0 Å². The lowest BCUT2D eigenvalue weighted by Gasteiger charge is -2.31. The molecule has 5 heterocycles. The number of fused-ring (bicyclic) bond motifs is 1. The summed E-state index contributed by atoms with van der Waals surface area (Å²) in [7, 11) is 1.80. The molecular formula is C30H38N8O4. The fraction of sp³-hybridized carbons (Fsp3) is 0.467. The number of aromatic nitrogens is 5. The minimum absolute atomic E-state index is 0.0457. The standard InChI is InChI=1S/C30H38N8O4/c1-19-4-9-27(32-16-19)34-21-5-7-22(8-6-21)42-29-24-14-23(41-20(2)26-18-33-30(36-39)37(26)3)17-31-25(24)15-28(35-29)38-10-12-40-13-11-38/h4,9,14-18,20-22H,5-8,10-13,36H2,1-3H3,(H,32,34). The molecule has 6 rings (SSSR count). The van der Waals surface area contributed by atoms with Crippen molar-refractivity contribution in [2.45, 2.75) is 57.8 Å². The molecule has 2 fully saturated rings. The van der Waals surface area contributed by atoms with Gasteiger partial charge >= 0.3 is 5.95 Å². The Balaban J connectivity index is 1.21. The SMILES string of the molecule is Cc1ccc(NC2CCC(Oc3nc(N4CCOCC4)cc4ncc(OC(C)c5cnc([NH2+][O-])n5C)cc34)CC2)nc1. The second-order valence-electron chi connectivity index (χ2n) is 11.1. The summed E-state index contributed by atoms with van der Waals surface area (Å²) >= 11 is 0. The van der Waals surface area contributed by atoms with Crippen LogP contribution in [0, 0.1) is 12.1 Å². The Labute approximate surface area is 245 Å². The van der Waals surface area contributed by atoms with Gasteiger partial charge in [-0.1, -0.05) is 6.07 Å². The molecule has 1 aliphatic heterocycles. The first-order valence-corrected chi connectivity index (χ1v) is 14.6. The number of rotatable bonds is 9. The van der Waals surface area contributed by atoms with Gasteiger partial charge in [-0.05, 0) is 57.2 Å². The fourth-order valence-corrected chi connectivity index (χ4v) is 5.60. The molecule has 0 bridgehead atoms. The maximum absolute atomic E-state index is 11.3. The molecule has 12 nitrogen and oxygen atoms in total. The fourth-order valence-electron chi connectivity index (χ4n) is 5.60. The Morgan fingerprint density at radius 3 is 2.57 bits per heavy atom. The molecule has 12 heteroatoms. The molecule has 1 saturated carbocycles. The number of pyridine rings is 3. The van der Waals surface area contributed by atoms with Crippen LogP contribution in [-0.2, 0) is 11.8 Å². The van der Waals surface area contributed by atoms with Crippen molar-refractivity contribution in [1.29, 1.82) is 0 Å². The molecule has 0 spiro atoms. The van der Waals surface area contributed by atoms with Gasteiger partial charge in [-0.3, -0.25) is 9.55 Å². The van der Waals surface area contributed by atoms with Crippen LogP contribution in [0.15, 0.2) is 42.9 Å². The van der Waals surface area contributed by atoms with Crippen LogP contribution < -0.4 is 25.2 Å². The number of hydrogen-bond acceptors (Lipinski definition) is 10. The van der Waals surface area contributed by atoms with Gasteiger partial charge in [-0.25, -0.2) is 4.98 Å². The molecule has 42 heavy (non-hydrogen) atoms. The zero-order chi connectivity index (χ0) is 29.1. The van der Waals surface area contributed by atoms with Crippen molar-refractivity contribution in [2.75, 3.05) is 36.5 Å². The number of nitrogens with two attached hydrogens (primary N) is 1. The lowest BCUT2D eigenvalue weighted by Crippen LogP contribution is -2.71. The lowest BCUT2D eigenvalue weighted by atomic mass is 9.93. The Morgan fingerprint density at radius 2 is 1.86 bits per heavy atom. The highest BCUT2D eigenvalue weighted by Crippen LogP contribution is 2.34. The maximum Gasteiger partial charge on any atom is 0.305 e. The van der Waals surface area contributed by atoms with Crippen LogP contribution in [0.3, 0.4) is 0 Å². The van der Waals surface area contributed by atoms with E-state index in [9.17, 15) is 5.21 Å². The molecule has 0 radical (unpaired) electrons. The molecule has 0 aromatic carbocycles. The third kappa shape index (κ3) is 6.25. The highest BCUT2D eigenvalue weighted by Gasteiger charge is 2.25. The van der Waals surface area contributed by atoms with Crippen LogP contribution in [-0.4, -0.2) is 63.0 Å². The number of imidazole rings is 1. The van der Waals surface area contributed by atoms with Crippen molar-refractivity contribution in [3.8, 4) is 11.6 Å². The molecule has 1 saturated heterocycles. The van der Waals surface area contributed by atoms with Crippen molar-refractivity contribution in [2.24, 2.45) is 7.05 Å². The maximum atomic E-state index is 11.3. The van der Waals surface area contributed by atoms with Crippen molar-refractivity contribution in [3.05, 3.63) is 59.3 Å². The average molecular weight is 575 g/mol. The molecule has 4 aromatic heterocycles. The van der Waals surface area contributed by atoms with Crippen LogP contribution in [0.4, 0.5) is 17.6 Å². The van der Waals surface area contributed by atoms with E-state index in [-0.39, 0.29) is 12.2 Å². The summed E-state index contributed by atoms with van der Waals surface area (Å²) in [4.78, 5) is 20.6. The van der Waals surface area contributed by atoms with Gasteiger partial charge in [0.2, 0.25) is 5.88 Å². The van der Waals surface area contributed by atoms with Crippen LogP contribution in [0.5, 0.6) is 11.6 Å². The zero-order valence-corrected chi connectivity index (χ0v) is 24.3. The quantitative estimate of drug-likeness (QED) is 0.285. The first-order chi connectivity index (χ1) is 20.5. The summed E-state index contributed by atoms with van der Waals surface area (Å²) < 4.78 is 20.2. The van der Waals surface area contributed by atoms with Gasteiger partial charge in [-0.15, -0.1) is 0 Å². The predicted octanol–water partition coefficient (Wildman–Crippen LogP) is 3.54. The molecule has 3 N–H and O–H groups in total. The number of quaternary nitrogens is 1. The van der Waals surface area contributed by atoms with Gasteiger partial charge in [0.25, 0.3) is 0 Å². The van der Waals surface area contributed by atoms with Gasteiger partial charge in [0.1, 0.15) is 29.6 Å². The normalized spacial score (nSPS) is 20.0. The predicted molar refractivity (Wildman–Crippen MR) is 159 cm³/mol. The van der Waals surface area contributed by atoms with Crippen molar-refractivity contribution >= 4 is 28.5 Å². The molecule has 4 aromatic rings. The summed E-state index contributed by atoms with van der Waals surface area (Å²) in [5.74, 6) is 3.27. The number of nitrogens with one attached hydrogen (secondary N) is 1. The molecule has 1 aliphatic carbocycles. The van der Waals surface area contributed by atoms with Crippen LogP contribution >= 0.6 is 0 Å². The highest BCUT2D eigenvalue weighted by molar-refractivity contribution is 5.87. The van der Waals surface area contributed by atoms with E-state index >= 15 is 0 Å². The average Bonchev–Trinajstić information content (AvgIpc) is 3.40. The first-order valence-electron chi connectivity index (χ1n) is 14.6. The highest BCUT2D eigenvalue weighted by atomic mass is 16.5. The van der Waals surface area contributed by atoms with E-state index in [4.69, 9.17) is 24.2 Å². The number of nitrogens with zero attached hydrogens (tertiary/aromatic N) is 6. The first kappa shape index (κ1) is 28.1.